The number of nitrogens with zero attached hydrogens (tertiary/aromatic N) is 1. The minimum Gasteiger partial charge on any atom is -0.466 e. The standard InChI is InChI=1S/C20H19BrF3NO3/c1-12-9-15-16(18(17(12)21)28-11-27-2)10-25(19(15)26)8-7-13-3-5-14(6-4-13)20(22,23)24/h3-6,9H,7-8,10-11H2,1-2H3. The van der Waals surface area contributed by atoms with Gasteiger partial charge in [-0.2, -0.15) is 13.2 Å². The van der Waals surface area contributed by atoms with E-state index in [1.807, 2.05) is 13.0 Å². The van der Waals surface area contributed by atoms with Crippen molar-refractivity contribution in [3.8, 4) is 5.75 Å². The molecule has 2 aromatic rings. The van der Waals surface area contributed by atoms with E-state index in [2.05, 4.69) is 15.9 Å². The van der Waals surface area contributed by atoms with Crippen LogP contribution in [0.1, 0.15) is 32.6 Å². The molecule has 0 bridgehead atoms. The highest BCUT2D eigenvalue weighted by atomic mass is 79.9. The lowest BCUT2D eigenvalue weighted by Crippen LogP contribution is -2.26. The molecule has 0 spiro atoms. The number of ether oxygens (including phenoxy) is 2. The van der Waals surface area contributed by atoms with Crippen LogP contribution in [-0.4, -0.2) is 31.3 Å². The number of hydrogen-bond donors (Lipinski definition) is 0. The van der Waals surface area contributed by atoms with Crippen LogP contribution in [0.2, 0.25) is 0 Å². The predicted octanol–water partition coefficient (Wildman–Crippen LogP) is 4.96. The molecule has 150 valence electrons. The average Bonchev–Trinajstić information content (AvgIpc) is 2.96. The second-order valence-electron chi connectivity index (χ2n) is 6.58. The van der Waals surface area contributed by atoms with Gasteiger partial charge in [-0.1, -0.05) is 12.1 Å². The molecule has 0 atom stereocenters. The molecule has 1 heterocycles. The Morgan fingerprint density at radius 1 is 1.21 bits per heavy atom. The van der Waals surface area contributed by atoms with Crippen LogP contribution in [0.3, 0.4) is 0 Å². The maximum atomic E-state index is 12.8. The minimum atomic E-state index is -4.35. The maximum absolute atomic E-state index is 12.8. The van der Waals surface area contributed by atoms with Crippen LogP contribution in [-0.2, 0) is 23.9 Å². The highest BCUT2D eigenvalue weighted by Crippen LogP contribution is 2.39. The van der Waals surface area contributed by atoms with Gasteiger partial charge in [0.2, 0.25) is 0 Å². The number of carbonyl (C=O) groups is 1. The summed E-state index contributed by atoms with van der Waals surface area (Å²) in [4.78, 5) is 14.4. The van der Waals surface area contributed by atoms with Crippen molar-refractivity contribution < 1.29 is 27.4 Å². The molecule has 3 rings (SSSR count). The average molecular weight is 458 g/mol. The van der Waals surface area contributed by atoms with Crippen molar-refractivity contribution >= 4 is 21.8 Å². The molecule has 0 aliphatic carbocycles. The molecule has 0 aromatic heterocycles. The Hall–Kier alpha value is -2.06. The number of methoxy groups -OCH3 is 1. The Balaban J connectivity index is 1.74. The number of benzene rings is 2. The second-order valence-corrected chi connectivity index (χ2v) is 7.38. The number of hydrogen-bond acceptors (Lipinski definition) is 3. The Kier molecular flexibility index (Phi) is 6.00. The highest BCUT2D eigenvalue weighted by molar-refractivity contribution is 9.10. The van der Waals surface area contributed by atoms with Crippen LogP contribution in [0, 0.1) is 6.92 Å². The molecular formula is C20H19BrF3NO3. The number of alkyl halides is 3. The van der Waals surface area contributed by atoms with Gasteiger partial charge in [0.15, 0.2) is 6.79 Å². The lowest BCUT2D eigenvalue weighted by molar-refractivity contribution is -0.137. The van der Waals surface area contributed by atoms with Crippen LogP contribution < -0.4 is 4.74 Å². The molecule has 2 aromatic carbocycles. The molecule has 28 heavy (non-hydrogen) atoms. The lowest BCUT2D eigenvalue weighted by atomic mass is 10.1. The predicted molar refractivity (Wildman–Crippen MR) is 101 cm³/mol. The summed E-state index contributed by atoms with van der Waals surface area (Å²) in [6.45, 7) is 2.72. The summed E-state index contributed by atoms with van der Waals surface area (Å²) in [7, 11) is 1.52. The number of amides is 1. The number of carbonyl (C=O) groups excluding carboxylic acids is 1. The first-order chi connectivity index (χ1) is 13.2. The Morgan fingerprint density at radius 2 is 1.89 bits per heavy atom. The van der Waals surface area contributed by atoms with Crippen LogP contribution >= 0.6 is 15.9 Å². The van der Waals surface area contributed by atoms with Gasteiger partial charge in [-0.05, 0) is 58.6 Å². The number of aryl methyl sites for hydroxylation is 1. The van der Waals surface area contributed by atoms with E-state index < -0.39 is 11.7 Å². The van der Waals surface area contributed by atoms with Crippen molar-refractivity contribution in [3.05, 3.63) is 62.6 Å². The SMILES string of the molecule is COCOc1c(Br)c(C)cc2c1CN(CCc1ccc(C(F)(F)F)cc1)C2=O. The maximum Gasteiger partial charge on any atom is 0.416 e. The van der Waals surface area contributed by atoms with E-state index in [4.69, 9.17) is 9.47 Å². The van der Waals surface area contributed by atoms with Gasteiger partial charge in [0.05, 0.1) is 16.6 Å². The summed E-state index contributed by atoms with van der Waals surface area (Å²) in [6, 6.07) is 6.84. The third-order valence-electron chi connectivity index (χ3n) is 4.64. The van der Waals surface area contributed by atoms with Crippen molar-refractivity contribution in [1.29, 1.82) is 0 Å². The summed E-state index contributed by atoms with van der Waals surface area (Å²) in [5.41, 5.74) is 2.31. The molecule has 0 radical (unpaired) electrons. The normalized spacial score (nSPS) is 13.8. The van der Waals surface area contributed by atoms with Crippen LogP contribution in [0.5, 0.6) is 5.75 Å². The monoisotopic (exact) mass is 457 g/mol. The van der Waals surface area contributed by atoms with E-state index in [9.17, 15) is 18.0 Å². The summed E-state index contributed by atoms with van der Waals surface area (Å²) in [5.74, 6) is 0.474. The van der Waals surface area contributed by atoms with Crippen LogP contribution in [0.25, 0.3) is 0 Å². The molecule has 0 unspecified atom stereocenters. The van der Waals surface area contributed by atoms with E-state index in [1.54, 1.807) is 4.90 Å². The Bertz CT molecular complexity index is 882. The van der Waals surface area contributed by atoms with Gasteiger partial charge in [0.25, 0.3) is 5.91 Å². The van der Waals surface area contributed by atoms with Crippen LogP contribution in [0.15, 0.2) is 34.8 Å². The molecular weight excluding hydrogens is 439 g/mol. The van der Waals surface area contributed by atoms with Gasteiger partial charge in [0, 0.05) is 24.8 Å². The van der Waals surface area contributed by atoms with Gasteiger partial charge >= 0.3 is 6.18 Å². The third kappa shape index (κ3) is 4.17. The van der Waals surface area contributed by atoms with E-state index in [1.165, 1.54) is 19.2 Å². The zero-order valence-electron chi connectivity index (χ0n) is 15.4. The van der Waals surface area contributed by atoms with Crippen molar-refractivity contribution in [2.75, 3.05) is 20.4 Å². The summed E-state index contributed by atoms with van der Waals surface area (Å²) >= 11 is 3.50. The quantitative estimate of drug-likeness (QED) is 0.575. The fraction of sp³-hybridized carbons (Fsp3) is 0.350. The van der Waals surface area contributed by atoms with E-state index in [-0.39, 0.29) is 12.7 Å². The molecule has 1 aliphatic heterocycles. The highest BCUT2D eigenvalue weighted by Gasteiger charge is 2.32. The molecule has 0 N–H and O–H groups in total. The van der Waals surface area contributed by atoms with E-state index in [0.717, 1.165) is 33.3 Å². The van der Waals surface area contributed by atoms with Crippen LogP contribution in [0.4, 0.5) is 13.2 Å². The summed E-state index contributed by atoms with van der Waals surface area (Å²) in [6.07, 6.45) is -3.89. The van der Waals surface area contributed by atoms with Gasteiger partial charge in [-0.3, -0.25) is 4.79 Å². The van der Waals surface area contributed by atoms with Crippen molar-refractivity contribution in [3.63, 3.8) is 0 Å². The van der Waals surface area contributed by atoms with E-state index in [0.29, 0.717) is 30.8 Å². The minimum absolute atomic E-state index is 0.0637. The number of halogens is 4. The lowest BCUT2D eigenvalue weighted by Gasteiger charge is -2.16. The Morgan fingerprint density at radius 3 is 2.50 bits per heavy atom. The van der Waals surface area contributed by atoms with Crippen molar-refractivity contribution in [1.82, 2.24) is 4.90 Å². The summed E-state index contributed by atoms with van der Waals surface area (Å²) < 4.78 is 49.4. The van der Waals surface area contributed by atoms with Gasteiger partial charge < -0.3 is 14.4 Å². The molecule has 1 aliphatic rings. The van der Waals surface area contributed by atoms with Gasteiger partial charge in [0.1, 0.15) is 5.75 Å². The van der Waals surface area contributed by atoms with Crippen molar-refractivity contribution in [2.24, 2.45) is 0 Å². The number of fused-ring (bicyclic) bond motifs is 1. The zero-order valence-corrected chi connectivity index (χ0v) is 17.0. The largest absolute Gasteiger partial charge is 0.466 e. The zero-order chi connectivity index (χ0) is 20.5. The van der Waals surface area contributed by atoms with Gasteiger partial charge in [-0.15, -0.1) is 0 Å². The summed E-state index contributed by atoms with van der Waals surface area (Å²) in [5, 5.41) is 0. The smallest absolute Gasteiger partial charge is 0.416 e. The molecule has 8 heteroatoms. The Labute approximate surface area is 169 Å². The third-order valence-corrected chi connectivity index (χ3v) is 5.63. The van der Waals surface area contributed by atoms with E-state index >= 15 is 0 Å². The first-order valence-corrected chi connectivity index (χ1v) is 9.40. The fourth-order valence-electron chi connectivity index (χ4n) is 3.16. The fourth-order valence-corrected chi connectivity index (χ4v) is 3.62. The molecule has 1 amide bonds. The number of rotatable bonds is 6. The van der Waals surface area contributed by atoms with Crippen molar-refractivity contribution in [2.45, 2.75) is 26.1 Å². The molecule has 0 saturated carbocycles. The first-order valence-electron chi connectivity index (χ1n) is 8.61. The van der Waals surface area contributed by atoms with Gasteiger partial charge in [-0.25, -0.2) is 0 Å². The molecule has 0 fully saturated rings. The molecule has 4 nitrogen and oxygen atoms in total. The first kappa shape index (κ1) is 20.7. The topological polar surface area (TPSA) is 38.8 Å². The molecule has 0 saturated heterocycles. The second kappa shape index (κ2) is 8.13.